The molecule has 0 spiro atoms. The van der Waals surface area contributed by atoms with Crippen molar-refractivity contribution in [2.24, 2.45) is 5.73 Å². The van der Waals surface area contributed by atoms with E-state index >= 15 is 0 Å². The fraction of sp³-hybridized carbons (Fsp3) is 0.222. The highest BCUT2D eigenvalue weighted by atomic mass is 32.2. The van der Waals surface area contributed by atoms with Gasteiger partial charge in [0.25, 0.3) is 0 Å². The van der Waals surface area contributed by atoms with E-state index in [4.69, 9.17) is 5.73 Å². The highest BCUT2D eigenvalue weighted by Crippen LogP contribution is 2.24. The van der Waals surface area contributed by atoms with Crippen LogP contribution in [0.1, 0.15) is 6.92 Å². The zero-order valence-corrected chi connectivity index (χ0v) is 10.1. The second-order valence-electron chi connectivity index (χ2n) is 3.11. The number of aromatic nitrogens is 3. The summed E-state index contributed by atoms with van der Waals surface area (Å²) in [5.41, 5.74) is 5.16. The van der Waals surface area contributed by atoms with Gasteiger partial charge in [-0.15, -0.1) is 16.4 Å². The third-order valence-corrected chi connectivity index (χ3v) is 3.76. The molecule has 0 aromatic carbocycles. The summed E-state index contributed by atoms with van der Waals surface area (Å²) in [5.74, 6) is 0.349. The molecule has 16 heavy (non-hydrogen) atoms. The second-order valence-corrected chi connectivity index (χ2v) is 5.36. The van der Waals surface area contributed by atoms with Gasteiger partial charge in [-0.3, -0.25) is 9.89 Å². The first kappa shape index (κ1) is 11.2. The lowest BCUT2D eigenvalue weighted by Gasteiger charge is -2.01. The number of thioether (sulfide) groups is 1. The number of carbonyl (C=O) groups excluding carboxylic acids is 1. The molecule has 0 saturated heterocycles. The van der Waals surface area contributed by atoms with Crippen molar-refractivity contribution in [1.82, 2.24) is 15.2 Å². The number of hydrogen-bond acceptors (Lipinski definition) is 5. The van der Waals surface area contributed by atoms with Gasteiger partial charge in [-0.1, -0.05) is 17.8 Å². The van der Waals surface area contributed by atoms with Crippen LogP contribution in [0, 0.1) is 0 Å². The number of thiophene rings is 1. The van der Waals surface area contributed by atoms with Crippen molar-refractivity contribution in [2.45, 2.75) is 17.3 Å². The van der Waals surface area contributed by atoms with Crippen LogP contribution >= 0.6 is 23.1 Å². The molecule has 1 amide bonds. The molecule has 2 aromatic heterocycles. The second kappa shape index (κ2) is 4.67. The zero-order chi connectivity index (χ0) is 11.5. The number of nitrogens with one attached hydrogen (secondary N) is 1. The normalized spacial score (nSPS) is 12.6. The van der Waals surface area contributed by atoms with E-state index in [1.54, 1.807) is 18.3 Å². The molecule has 84 valence electrons. The maximum Gasteiger partial charge on any atom is 0.230 e. The van der Waals surface area contributed by atoms with Gasteiger partial charge in [-0.05, 0) is 18.4 Å². The average Bonchev–Trinajstić information content (AvgIpc) is 2.85. The van der Waals surface area contributed by atoms with Crippen LogP contribution in [0.15, 0.2) is 22.7 Å². The van der Waals surface area contributed by atoms with Crippen molar-refractivity contribution in [2.75, 3.05) is 0 Å². The SMILES string of the molecule is CC(Sc1n[nH]c(-c2cccs2)n1)C(N)=O. The Kier molecular flexibility index (Phi) is 3.25. The summed E-state index contributed by atoms with van der Waals surface area (Å²) in [6, 6.07) is 3.90. The Morgan fingerprint density at radius 3 is 3.12 bits per heavy atom. The van der Waals surface area contributed by atoms with Crippen molar-refractivity contribution in [1.29, 1.82) is 0 Å². The molecule has 0 aliphatic carbocycles. The molecule has 0 bridgehead atoms. The number of hydrogen-bond donors (Lipinski definition) is 2. The molecule has 3 N–H and O–H groups in total. The molecule has 2 aromatic rings. The predicted molar refractivity (Wildman–Crippen MR) is 64.2 cm³/mol. The van der Waals surface area contributed by atoms with Crippen molar-refractivity contribution in [3.63, 3.8) is 0 Å². The van der Waals surface area contributed by atoms with Crippen LogP contribution in [-0.2, 0) is 4.79 Å². The van der Waals surface area contributed by atoms with E-state index in [2.05, 4.69) is 15.2 Å². The van der Waals surface area contributed by atoms with Gasteiger partial charge < -0.3 is 5.73 Å². The topological polar surface area (TPSA) is 84.7 Å². The highest BCUT2D eigenvalue weighted by Gasteiger charge is 2.14. The minimum atomic E-state index is -0.368. The van der Waals surface area contributed by atoms with Crippen LogP contribution in [0.3, 0.4) is 0 Å². The number of carbonyl (C=O) groups is 1. The van der Waals surface area contributed by atoms with Gasteiger partial charge in [0, 0.05) is 0 Å². The maximum atomic E-state index is 10.9. The fourth-order valence-corrected chi connectivity index (χ4v) is 2.38. The van der Waals surface area contributed by atoms with Gasteiger partial charge in [-0.2, -0.15) is 0 Å². The minimum Gasteiger partial charge on any atom is -0.369 e. The van der Waals surface area contributed by atoms with Gasteiger partial charge in [0.2, 0.25) is 11.1 Å². The lowest BCUT2D eigenvalue weighted by molar-refractivity contribution is -0.117. The fourth-order valence-electron chi connectivity index (χ4n) is 1.04. The quantitative estimate of drug-likeness (QED) is 0.810. The van der Waals surface area contributed by atoms with Crippen LogP contribution in [0.2, 0.25) is 0 Å². The Labute approximate surface area is 100 Å². The van der Waals surface area contributed by atoms with Crippen LogP contribution < -0.4 is 5.73 Å². The first-order chi connectivity index (χ1) is 7.66. The Bertz CT molecular complexity index is 479. The molecule has 0 fully saturated rings. The first-order valence-electron chi connectivity index (χ1n) is 4.59. The third-order valence-electron chi connectivity index (χ3n) is 1.90. The number of amides is 1. The Balaban J connectivity index is 2.11. The molecular formula is C9H10N4OS2. The van der Waals surface area contributed by atoms with Gasteiger partial charge in [-0.25, -0.2) is 4.98 Å². The molecule has 0 saturated carbocycles. The molecular weight excluding hydrogens is 244 g/mol. The molecule has 2 heterocycles. The summed E-state index contributed by atoms with van der Waals surface area (Å²) in [6.07, 6.45) is 0. The van der Waals surface area contributed by atoms with Crippen LogP contribution in [0.5, 0.6) is 0 Å². The number of nitrogens with two attached hydrogens (primary N) is 1. The van der Waals surface area contributed by atoms with Gasteiger partial charge >= 0.3 is 0 Å². The first-order valence-corrected chi connectivity index (χ1v) is 6.35. The Morgan fingerprint density at radius 2 is 2.50 bits per heavy atom. The van der Waals surface area contributed by atoms with E-state index in [9.17, 15) is 4.79 Å². The number of nitrogens with zero attached hydrogens (tertiary/aromatic N) is 2. The van der Waals surface area contributed by atoms with E-state index in [0.717, 1.165) is 4.88 Å². The summed E-state index contributed by atoms with van der Waals surface area (Å²) in [7, 11) is 0. The van der Waals surface area contributed by atoms with E-state index in [0.29, 0.717) is 11.0 Å². The van der Waals surface area contributed by atoms with Crippen LogP contribution in [0.4, 0.5) is 0 Å². The summed E-state index contributed by atoms with van der Waals surface area (Å²) in [6.45, 7) is 1.73. The van der Waals surface area contributed by atoms with E-state index in [1.165, 1.54) is 11.8 Å². The number of primary amides is 1. The third kappa shape index (κ3) is 2.42. The summed E-state index contributed by atoms with van der Waals surface area (Å²) >= 11 is 2.83. The lowest BCUT2D eigenvalue weighted by Crippen LogP contribution is -2.22. The van der Waals surface area contributed by atoms with Crippen molar-refractivity contribution < 1.29 is 4.79 Å². The van der Waals surface area contributed by atoms with Crippen molar-refractivity contribution in [3.8, 4) is 10.7 Å². The average molecular weight is 254 g/mol. The van der Waals surface area contributed by atoms with E-state index < -0.39 is 0 Å². The molecule has 0 radical (unpaired) electrons. The molecule has 0 aliphatic rings. The molecule has 0 aliphatic heterocycles. The van der Waals surface area contributed by atoms with Crippen molar-refractivity contribution in [3.05, 3.63) is 17.5 Å². The highest BCUT2D eigenvalue weighted by molar-refractivity contribution is 8.00. The van der Waals surface area contributed by atoms with Gasteiger partial charge in [0.1, 0.15) is 0 Å². The number of rotatable bonds is 4. The summed E-state index contributed by atoms with van der Waals surface area (Å²) in [5, 5.41) is 9.03. The van der Waals surface area contributed by atoms with Crippen LogP contribution in [-0.4, -0.2) is 26.3 Å². The summed E-state index contributed by atoms with van der Waals surface area (Å²) in [4.78, 5) is 16.2. The molecule has 1 atom stereocenters. The van der Waals surface area contributed by atoms with E-state index in [1.807, 2.05) is 17.5 Å². The smallest absolute Gasteiger partial charge is 0.230 e. The maximum absolute atomic E-state index is 10.9. The Hall–Kier alpha value is -1.34. The molecule has 7 heteroatoms. The molecule has 5 nitrogen and oxygen atoms in total. The Morgan fingerprint density at radius 1 is 1.69 bits per heavy atom. The minimum absolute atomic E-state index is 0.327. The van der Waals surface area contributed by atoms with Crippen LogP contribution in [0.25, 0.3) is 10.7 Å². The molecule has 1 unspecified atom stereocenters. The lowest BCUT2D eigenvalue weighted by atomic mass is 10.4. The van der Waals surface area contributed by atoms with E-state index in [-0.39, 0.29) is 11.2 Å². The van der Waals surface area contributed by atoms with Gasteiger partial charge in [0.15, 0.2) is 5.82 Å². The largest absolute Gasteiger partial charge is 0.369 e. The summed E-state index contributed by atoms with van der Waals surface area (Å²) < 4.78 is 0. The zero-order valence-electron chi connectivity index (χ0n) is 8.51. The monoisotopic (exact) mass is 254 g/mol. The number of H-pyrrole nitrogens is 1. The van der Waals surface area contributed by atoms with Crippen molar-refractivity contribution >= 4 is 29.0 Å². The standard InChI is InChI=1S/C9H10N4OS2/c1-5(7(10)14)16-9-11-8(12-13-9)6-3-2-4-15-6/h2-5H,1H3,(H2,10,14)(H,11,12,13). The number of aromatic amines is 1. The molecule has 2 rings (SSSR count). The predicted octanol–water partition coefficient (Wildman–Crippen LogP) is 1.50. The van der Waals surface area contributed by atoms with Gasteiger partial charge in [0.05, 0.1) is 10.1 Å².